The van der Waals surface area contributed by atoms with Gasteiger partial charge in [0.1, 0.15) is 0 Å². The average Bonchev–Trinajstić information content (AvgIpc) is 2.26. The normalized spacial score (nSPS) is 12.0. The van der Waals surface area contributed by atoms with E-state index in [1.54, 1.807) is 18.2 Å². The van der Waals surface area contributed by atoms with E-state index in [1.165, 1.54) is 13.1 Å². The summed E-state index contributed by atoms with van der Waals surface area (Å²) >= 11 is 0. The zero-order valence-corrected chi connectivity index (χ0v) is 10.8. The molecule has 8 heteroatoms. The third kappa shape index (κ3) is 4.42. The van der Waals surface area contributed by atoms with Gasteiger partial charge < -0.3 is 16.4 Å². The van der Waals surface area contributed by atoms with Gasteiger partial charge in [-0.1, -0.05) is 6.07 Å². The molecule has 0 aliphatic carbocycles. The predicted octanol–water partition coefficient (Wildman–Crippen LogP) is -0.268. The van der Waals surface area contributed by atoms with E-state index in [1.807, 2.05) is 0 Å². The van der Waals surface area contributed by atoms with E-state index in [-0.39, 0.29) is 5.96 Å². The summed E-state index contributed by atoms with van der Waals surface area (Å²) in [5, 5.41) is 5.33. The summed E-state index contributed by atoms with van der Waals surface area (Å²) in [6.45, 7) is 0. The van der Waals surface area contributed by atoms with E-state index < -0.39 is 15.9 Å². The van der Waals surface area contributed by atoms with E-state index in [9.17, 15) is 13.2 Å². The molecule has 18 heavy (non-hydrogen) atoms. The summed E-state index contributed by atoms with van der Waals surface area (Å²) in [5.41, 5.74) is 5.96. The minimum atomic E-state index is -3.51. The summed E-state index contributed by atoms with van der Waals surface area (Å²) in [7, 11) is -1.99. The van der Waals surface area contributed by atoms with Crippen LogP contribution in [-0.2, 0) is 10.0 Å². The Hall–Kier alpha value is -2.09. The number of carbonyl (C=O) groups is 1. The highest BCUT2D eigenvalue weighted by Gasteiger charge is 2.05. The van der Waals surface area contributed by atoms with Gasteiger partial charge in [0.05, 0.1) is 6.26 Å². The van der Waals surface area contributed by atoms with Gasteiger partial charge in [0.15, 0.2) is 0 Å². The van der Waals surface area contributed by atoms with Crippen LogP contribution in [0.3, 0.4) is 0 Å². The van der Waals surface area contributed by atoms with E-state index >= 15 is 0 Å². The van der Waals surface area contributed by atoms with E-state index in [4.69, 9.17) is 5.73 Å². The maximum absolute atomic E-state index is 11.0. The highest BCUT2D eigenvalue weighted by Crippen LogP contribution is 2.10. The molecule has 98 valence electrons. The number of nitrogens with two attached hydrogens (primary N) is 1. The van der Waals surface area contributed by atoms with E-state index in [0.29, 0.717) is 11.3 Å². The van der Waals surface area contributed by atoms with Gasteiger partial charge in [0.2, 0.25) is 11.9 Å². The molecule has 0 aromatic heterocycles. The molecular formula is C10H14N4O3S. The second-order valence-electron chi connectivity index (χ2n) is 3.49. The van der Waals surface area contributed by atoms with Gasteiger partial charge in [-0.15, -0.1) is 4.40 Å². The van der Waals surface area contributed by atoms with Crippen molar-refractivity contribution in [1.82, 2.24) is 5.32 Å². The quantitative estimate of drug-likeness (QED) is 0.517. The van der Waals surface area contributed by atoms with Gasteiger partial charge >= 0.3 is 0 Å². The smallest absolute Gasteiger partial charge is 0.253 e. The van der Waals surface area contributed by atoms with Crippen LogP contribution in [0.4, 0.5) is 5.69 Å². The third-order valence-electron chi connectivity index (χ3n) is 1.90. The highest BCUT2D eigenvalue weighted by atomic mass is 32.2. The van der Waals surface area contributed by atoms with Crippen molar-refractivity contribution in [3.63, 3.8) is 0 Å². The lowest BCUT2D eigenvalue weighted by molar-refractivity contribution is 0.100. The summed E-state index contributed by atoms with van der Waals surface area (Å²) in [6.07, 6.45) is 0.978. The Morgan fingerprint density at radius 1 is 1.39 bits per heavy atom. The molecular weight excluding hydrogens is 256 g/mol. The molecule has 0 radical (unpaired) electrons. The topological polar surface area (TPSA) is 114 Å². The molecule has 0 atom stereocenters. The van der Waals surface area contributed by atoms with Crippen molar-refractivity contribution >= 4 is 27.6 Å². The Labute approximate surface area is 105 Å². The summed E-state index contributed by atoms with van der Waals surface area (Å²) in [6, 6.07) is 6.33. The van der Waals surface area contributed by atoms with Gasteiger partial charge in [0.25, 0.3) is 10.0 Å². The number of carbonyl (C=O) groups excluding carboxylic acids is 1. The molecule has 4 N–H and O–H groups in total. The molecule has 1 amide bonds. The third-order valence-corrected chi connectivity index (χ3v) is 2.42. The first-order valence-corrected chi connectivity index (χ1v) is 6.81. The van der Waals surface area contributed by atoms with E-state index in [2.05, 4.69) is 15.0 Å². The van der Waals surface area contributed by atoms with Crippen molar-refractivity contribution in [2.45, 2.75) is 0 Å². The van der Waals surface area contributed by atoms with Crippen molar-refractivity contribution < 1.29 is 13.2 Å². The molecule has 1 aromatic carbocycles. The Morgan fingerprint density at radius 2 is 2.06 bits per heavy atom. The Bertz CT molecular complexity index is 581. The van der Waals surface area contributed by atoms with Gasteiger partial charge in [-0.05, 0) is 18.2 Å². The lowest BCUT2D eigenvalue weighted by Gasteiger charge is -2.09. The standard InChI is InChI=1S/C10H14N4O3S/c1-12-10(14-18(2,16)17)13-8-5-3-4-7(6-8)9(11)15/h3-6H,1-2H3,(H2,11,15)(H2,12,13,14). The number of primary amides is 1. The molecule has 0 aliphatic rings. The lowest BCUT2D eigenvalue weighted by Crippen LogP contribution is -2.28. The fourth-order valence-corrected chi connectivity index (χ4v) is 1.65. The fraction of sp³-hybridized carbons (Fsp3) is 0.200. The van der Waals surface area contributed by atoms with Crippen molar-refractivity contribution in [2.24, 2.45) is 10.1 Å². The van der Waals surface area contributed by atoms with Gasteiger partial charge in [-0.2, -0.15) is 0 Å². The maximum atomic E-state index is 11.0. The van der Waals surface area contributed by atoms with E-state index in [0.717, 1.165) is 6.26 Å². The number of rotatable bonds is 3. The molecule has 0 bridgehead atoms. The first-order chi connectivity index (χ1) is 8.31. The van der Waals surface area contributed by atoms with Crippen LogP contribution in [0.15, 0.2) is 28.7 Å². The van der Waals surface area contributed by atoms with Crippen LogP contribution in [-0.4, -0.2) is 33.6 Å². The first kappa shape index (κ1) is 14.0. The highest BCUT2D eigenvalue weighted by molar-refractivity contribution is 7.89. The SMILES string of the molecule is CNC(=NS(C)(=O)=O)Nc1cccc(C(N)=O)c1. The van der Waals surface area contributed by atoms with Crippen LogP contribution in [0, 0.1) is 0 Å². The second-order valence-corrected chi connectivity index (χ2v) is 5.14. The monoisotopic (exact) mass is 270 g/mol. The summed E-state index contributed by atoms with van der Waals surface area (Å²) in [4.78, 5) is 11.0. The number of benzene rings is 1. The molecule has 0 aliphatic heterocycles. The zero-order chi connectivity index (χ0) is 13.8. The second kappa shape index (κ2) is 5.50. The Kier molecular flexibility index (Phi) is 4.27. The molecule has 0 heterocycles. The van der Waals surface area contributed by atoms with Crippen LogP contribution in [0.1, 0.15) is 10.4 Å². The first-order valence-electron chi connectivity index (χ1n) is 4.96. The van der Waals surface area contributed by atoms with Crippen LogP contribution in [0.25, 0.3) is 0 Å². The maximum Gasteiger partial charge on any atom is 0.253 e. The number of anilines is 1. The molecule has 7 nitrogen and oxygen atoms in total. The van der Waals surface area contributed by atoms with Crippen molar-refractivity contribution in [3.8, 4) is 0 Å². The number of hydrogen-bond donors (Lipinski definition) is 3. The Balaban J connectivity index is 2.99. The number of hydrogen-bond acceptors (Lipinski definition) is 3. The van der Waals surface area contributed by atoms with Crippen molar-refractivity contribution in [3.05, 3.63) is 29.8 Å². The van der Waals surface area contributed by atoms with Crippen LogP contribution in [0.2, 0.25) is 0 Å². The molecule has 0 fully saturated rings. The number of amides is 1. The van der Waals surface area contributed by atoms with Crippen LogP contribution >= 0.6 is 0 Å². The number of guanidine groups is 1. The number of nitrogens with zero attached hydrogens (tertiary/aromatic N) is 1. The number of nitrogens with one attached hydrogen (secondary N) is 2. The summed E-state index contributed by atoms with van der Waals surface area (Å²) < 4.78 is 25.5. The fourth-order valence-electron chi connectivity index (χ4n) is 1.18. The lowest BCUT2D eigenvalue weighted by atomic mass is 10.2. The zero-order valence-electron chi connectivity index (χ0n) is 9.97. The van der Waals surface area contributed by atoms with Gasteiger partial charge in [-0.3, -0.25) is 4.79 Å². The molecule has 0 saturated heterocycles. The average molecular weight is 270 g/mol. The minimum absolute atomic E-state index is 0.0547. The van der Waals surface area contributed by atoms with Gasteiger partial charge in [-0.25, -0.2) is 8.42 Å². The number of sulfonamides is 1. The van der Waals surface area contributed by atoms with Gasteiger partial charge in [0, 0.05) is 18.3 Å². The Morgan fingerprint density at radius 3 is 2.56 bits per heavy atom. The van der Waals surface area contributed by atoms with Crippen LogP contribution in [0.5, 0.6) is 0 Å². The van der Waals surface area contributed by atoms with Crippen LogP contribution < -0.4 is 16.4 Å². The molecule has 1 aromatic rings. The largest absolute Gasteiger partial charge is 0.366 e. The van der Waals surface area contributed by atoms with Crippen molar-refractivity contribution in [1.29, 1.82) is 0 Å². The molecule has 0 spiro atoms. The molecule has 1 rings (SSSR count). The minimum Gasteiger partial charge on any atom is -0.366 e. The van der Waals surface area contributed by atoms with Crippen molar-refractivity contribution in [2.75, 3.05) is 18.6 Å². The molecule has 0 unspecified atom stereocenters. The molecule has 0 saturated carbocycles. The predicted molar refractivity (Wildman–Crippen MR) is 69.9 cm³/mol. The summed E-state index contributed by atoms with van der Waals surface area (Å²) in [5.74, 6) is -0.510.